The second-order valence-electron chi connectivity index (χ2n) is 13.4. The van der Waals surface area contributed by atoms with E-state index in [0.29, 0.717) is 40.4 Å². The molecule has 2 aromatic carbocycles. The third-order valence-electron chi connectivity index (χ3n) is 10.7. The second-order valence-corrected chi connectivity index (χ2v) is 14.3. The quantitative estimate of drug-likeness (QED) is 0.188. The molecular formula is C37H33Cl2F3N4O6. The zero-order valence-corrected chi connectivity index (χ0v) is 29.4. The van der Waals surface area contributed by atoms with E-state index >= 15 is 4.79 Å². The molecule has 0 unspecified atom stereocenters. The maximum absolute atomic E-state index is 15.2. The number of rotatable bonds is 8. The zero-order chi connectivity index (χ0) is 37.3. The Labute approximate surface area is 306 Å². The molecule has 0 spiro atoms. The number of anilines is 1. The summed E-state index contributed by atoms with van der Waals surface area (Å²) in [7, 11) is 0. The molecule has 4 amide bonds. The van der Waals surface area contributed by atoms with Crippen LogP contribution in [0.3, 0.4) is 0 Å². The van der Waals surface area contributed by atoms with Gasteiger partial charge in [-0.05, 0) is 73.6 Å². The maximum atomic E-state index is 15.2. The number of hydrogen-bond donors (Lipinski definition) is 2. The first-order valence-corrected chi connectivity index (χ1v) is 17.6. The third-order valence-corrected chi connectivity index (χ3v) is 11.3. The SMILES string of the molecule is CCCN1C(=O)[C@H]2[C@H](CC=C3[C@H]2C[C@H]2C(=O)N(Nc4ncc(C(F)(F)F)cc4Cl)C(=O)[C@@]2(c2ccc(Cl)cc2)[C@H]3c2ccc(O)c(OCC)c2)C1=O. The highest BCUT2D eigenvalue weighted by Gasteiger charge is 2.70. The van der Waals surface area contributed by atoms with Gasteiger partial charge in [0.25, 0.3) is 11.8 Å². The number of benzene rings is 2. The number of hydrazine groups is 1. The summed E-state index contributed by atoms with van der Waals surface area (Å²) in [5.41, 5.74) is 1.36. The van der Waals surface area contributed by atoms with Gasteiger partial charge in [-0.2, -0.15) is 18.2 Å². The Bertz CT molecular complexity index is 2020. The van der Waals surface area contributed by atoms with E-state index in [0.717, 1.165) is 5.01 Å². The van der Waals surface area contributed by atoms with Gasteiger partial charge in [-0.25, -0.2) is 4.98 Å². The number of allylic oxidation sites excluding steroid dienone is 2. The van der Waals surface area contributed by atoms with Gasteiger partial charge in [-0.3, -0.25) is 29.5 Å². The minimum Gasteiger partial charge on any atom is -0.504 e. The van der Waals surface area contributed by atoms with Crippen LogP contribution < -0.4 is 10.2 Å². The predicted octanol–water partition coefficient (Wildman–Crippen LogP) is 6.91. The number of phenolic OH excluding ortho intramolecular Hbond substituents is 1. The Hall–Kier alpha value is -4.62. The highest BCUT2D eigenvalue weighted by Crippen LogP contribution is 2.64. The first kappa shape index (κ1) is 35.8. The van der Waals surface area contributed by atoms with Crippen LogP contribution in [-0.4, -0.2) is 56.8 Å². The molecule has 272 valence electrons. The lowest BCUT2D eigenvalue weighted by Crippen LogP contribution is -2.53. The van der Waals surface area contributed by atoms with Gasteiger partial charge >= 0.3 is 6.18 Å². The van der Waals surface area contributed by atoms with Gasteiger partial charge in [0.2, 0.25) is 11.8 Å². The van der Waals surface area contributed by atoms with E-state index in [1.807, 2.05) is 13.0 Å². The van der Waals surface area contributed by atoms with Crippen molar-refractivity contribution < 1.29 is 42.2 Å². The van der Waals surface area contributed by atoms with Crippen molar-refractivity contribution in [1.82, 2.24) is 14.9 Å². The fraction of sp³-hybridized carbons (Fsp3) is 0.378. The lowest BCUT2D eigenvalue weighted by atomic mass is 9.49. The number of likely N-dealkylation sites (tertiary alicyclic amines) is 1. The highest BCUT2D eigenvalue weighted by molar-refractivity contribution is 6.33. The Morgan fingerprint density at radius 1 is 1.00 bits per heavy atom. The van der Waals surface area contributed by atoms with Gasteiger partial charge in [-0.1, -0.05) is 60.0 Å². The molecule has 2 aliphatic heterocycles. The molecule has 4 aliphatic rings. The largest absolute Gasteiger partial charge is 0.504 e. The Kier molecular flexibility index (Phi) is 9.01. The summed E-state index contributed by atoms with van der Waals surface area (Å²) in [5, 5.41) is 11.3. The lowest BCUT2D eigenvalue weighted by molar-refractivity contribution is -0.141. The number of carbonyl (C=O) groups is 4. The second kappa shape index (κ2) is 13.1. The summed E-state index contributed by atoms with van der Waals surface area (Å²) in [6, 6.07) is 11.8. The van der Waals surface area contributed by atoms with Crippen LogP contribution in [0.4, 0.5) is 19.0 Å². The Morgan fingerprint density at radius 2 is 1.73 bits per heavy atom. The molecule has 2 N–H and O–H groups in total. The molecule has 2 saturated heterocycles. The van der Waals surface area contributed by atoms with E-state index in [9.17, 15) is 32.7 Å². The van der Waals surface area contributed by atoms with Crippen molar-refractivity contribution in [2.45, 2.75) is 50.6 Å². The van der Waals surface area contributed by atoms with E-state index < -0.39 is 63.6 Å². The van der Waals surface area contributed by atoms with E-state index in [1.54, 1.807) is 43.3 Å². The highest BCUT2D eigenvalue weighted by atomic mass is 35.5. The molecule has 2 aliphatic carbocycles. The molecule has 3 fully saturated rings. The molecule has 52 heavy (non-hydrogen) atoms. The van der Waals surface area contributed by atoms with Crippen LogP contribution in [0.25, 0.3) is 0 Å². The first-order valence-electron chi connectivity index (χ1n) is 16.9. The molecule has 10 nitrogen and oxygen atoms in total. The monoisotopic (exact) mass is 756 g/mol. The van der Waals surface area contributed by atoms with Crippen LogP contribution in [0.2, 0.25) is 10.0 Å². The van der Waals surface area contributed by atoms with Crippen molar-refractivity contribution in [3.05, 3.63) is 93.1 Å². The van der Waals surface area contributed by atoms with Crippen molar-refractivity contribution in [1.29, 1.82) is 0 Å². The van der Waals surface area contributed by atoms with Crippen molar-refractivity contribution in [2.75, 3.05) is 18.6 Å². The molecule has 0 radical (unpaired) electrons. The number of imide groups is 2. The van der Waals surface area contributed by atoms with Crippen LogP contribution in [0.5, 0.6) is 11.5 Å². The number of alkyl halides is 3. The van der Waals surface area contributed by atoms with Crippen molar-refractivity contribution in [3.63, 3.8) is 0 Å². The van der Waals surface area contributed by atoms with Gasteiger partial charge in [-0.15, -0.1) is 0 Å². The summed E-state index contributed by atoms with van der Waals surface area (Å²) in [6.07, 6.45) is -1.52. The molecule has 1 aromatic heterocycles. The van der Waals surface area contributed by atoms with Crippen LogP contribution >= 0.6 is 23.2 Å². The Morgan fingerprint density at radius 3 is 2.38 bits per heavy atom. The van der Waals surface area contributed by atoms with Crippen molar-refractivity contribution in [3.8, 4) is 11.5 Å². The van der Waals surface area contributed by atoms with E-state index in [1.165, 1.54) is 11.0 Å². The summed E-state index contributed by atoms with van der Waals surface area (Å²) in [5.74, 6) is -6.63. The first-order chi connectivity index (χ1) is 24.7. The predicted molar refractivity (Wildman–Crippen MR) is 183 cm³/mol. The van der Waals surface area contributed by atoms with Gasteiger partial charge in [0, 0.05) is 23.7 Å². The summed E-state index contributed by atoms with van der Waals surface area (Å²) < 4.78 is 46.0. The van der Waals surface area contributed by atoms with E-state index in [4.69, 9.17) is 27.9 Å². The molecule has 0 bridgehead atoms. The van der Waals surface area contributed by atoms with Gasteiger partial charge in [0.1, 0.15) is 0 Å². The number of amides is 4. The number of pyridine rings is 1. The third kappa shape index (κ3) is 5.42. The molecular weight excluding hydrogens is 724 g/mol. The summed E-state index contributed by atoms with van der Waals surface area (Å²) >= 11 is 12.6. The van der Waals surface area contributed by atoms with Crippen LogP contribution in [0.15, 0.2) is 66.4 Å². The van der Waals surface area contributed by atoms with Crippen molar-refractivity contribution in [2.24, 2.45) is 23.7 Å². The number of hydrogen-bond acceptors (Lipinski definition) is 8. The van der Waals surface area contributed by atoms with Crippen LogP contribution in [0, 0.1) is 23.7 Å². The molecule has 6 atom stereocenters. The lowest BCUT2D eigenvalue weighted by Gasteiger charge is -2.50. The molecule has 1 saturated carbocycles. The molecule has 7 rings (SSSR count). The molecule has 15 heteroatoms. The average Bonchev–Trinajstić information content (AvgIpc) is 3.47. The Balaban J connectivity index is 1.44. The number of nitrogens with zero attached hydrogens (tertiary/aromatic N) is 3. The van der Waals surface area contributed by atoms with Crippen LogP contribution in [-0.2, 0) is 30.8 Å². The average molecular weight is 758 g/mol. The van der Waals surface area contributed by atoms with Gasteiger partial charge < -0.3 is 9.84 Å². The zero-order valence-electron chi connectivity index (χ0n) is 27.9. The van der Waals surface area contributed by atoms with Gasteiger partial charge in [0.05, 0.1) is 40.4 Å². The van der Waals surface area contributed by atoms with Gasteiger partial charge in [0.15, 0.2) is 17.3 Å². The smallest absolute Gasteiger partial charge is 0.417 e. The van der Waals surface area contributed by atoms with E-state index in [2.05, 4.69) is 10.4 Å². The summed E-state index contributed by atoms with van der Waals surface area (Å²) in [4.78, 5) is 62.6. The number of carbonyl (C=O) groups excluding carboxylic acids is 4. The minimum atomic E-state index is -4.74. The van der Waals surface area contributed by atoms with Crippen molar-refractivity contribution >= 4 is 52.6 Å². The van der Waals surface area contributed by atoms with Crippen LogP contribution in [0.1, 0.15) is 55.7 Å². The number of halogens is 5. The summed E-state index contributed by atoms with van der Waals surface area (Å²) in [6.45, 7) is 4.07. The maximum Gasteiger partial charge on any atom is 0.417 e. The number of ether oxygens (including phenoxy) is 1. The number of aromatic nitrogens is 1. The fourth-order valence-electron chi connectivity index (χ4n) is 8.65. The fourth-order valence-corrected chi connectivity index (χ4v) is 8.98. The molecule has 3 heterocycles. The topological polar surface area (TPSA) is 129 Å². The minimum absolute atomic E-state index is 0.00155. The standard InChI is InChI=1S/C37H33Cl2F3N4O6/c1-3-13-45-32(48)23-11-10-22-24(29(23)34(45)50)16-25-33(49)46(44-31-26(39)15-20(17-43-31)37(40,41)42)35(51)36(25,19-6-8-21(38)9-7-19)30(22)18-5-12-27(47)28(14-18)52-4-2/h5-10,12,14-15,17,23-25,29-30,47H,3-4,11,13,16H2,1-2H3,(H,43,44)/t23-,24+,25-,29-,30-,36+/m0/s1. The number of aromatic hydroxyl groups is 1. The number of fused-ring (bicyclic) bond motifs is 4. The number of phenols is 1. The normalized spacial score (nSPS) is 27.0. The van der Waals surface area contributed by atoms with E-state index in [-0.39, 0.29) is 55.1 Å². The number of nitrogens with one attached hydrogen (secondary N) is 1. The molecule has 3 aromatic rings.